The van der Waals surface area contributed by atoms with Gasteiger partial charge in [0.05, 0.1) is 20.4 Å². The van der Waals surface area contributed by atoms with Crippen LogP contribution in [0.25, 0.3) is 0 Å². The summed E-state index contributed by atoms with van der Waals surface area (Å²) in [7, 11) is -12.2. The first kappa shape index (κ1) is 18.4. The Morgan fingerprint density at radius 2 is 1.33 bits per heavy atom. The molecule has 24 heavy (non-hydrogen) atoms. The zero-order chi connectivity index (χ0) is 18.2. The molecule has 130 valence electrons. The monoisotopic (exact) mass is 391 g/mol. The van der Waals surface area contributed by atoms with Crippen LogP contribution in [0.4, 0.5) is 5.69 Å². The Bertz CT molecular complexity index is 1090. The first-order valence-corrected chi connectivity index (χ1v) is 11.1. The Balaban J connectivity index is 2.43. The van der Waals surface area contributed by atoms with Gasteiger partial charge in [-0.1, -0.05) is 12.1 Å². The van der Waals surface area contributed by atoms with E-state index in [0.29, 0.717) is 0 Å². The lowest BCUT2D eigenvalue weighted by molar-refractivity contribution is 0.483. The average molecular weight is 391 g/mol. The molecule has 0 aromatic heterocycles. The van der Waals surface area contributed by atoms with Crippen molar-refractivity contribution >= 4 is 35.7 Å². The zero-order valence-corrected chi connectivity index (χ0v) is 14.7. The van der Waals surface area contributed by atoms with Gasteiger partial charge in [0.2, 0.25) is 0 Å². The summed E-state index contributed by atoms with van der Waals surface area (Å²) in [5.74, 6) is 0. The van der Waals surface area contributed by atoms with E-state index in [1.54, 1.807) is 0 Å². The van der Waals surface area contributed by atoms with Crippen molar-refractivity contribution in [1.29, 1.82) is 0 Å². The van der Waals surface area contributed by atoms with Crippen LogP contribution in [0.5, 0.6) is 0 Å². The number of benzene rings is 2. The molecule has 0 saturated heterocycles. The van der Waals surface area contributed by atoms with Gasteiger partial charge in [-0.25, -0.2) is 16.8 Å². The van der Waals surface area contributed by atoms with Crippen molar-refractivity contribution in [3.05, 3.63) is 48.5 Å². The lowest BCUT2D eigenvalue weighted by atomic mass is 10.3. The standard InChI is InChI=1S/C13H13NO7S3/c1-22(15,16)11-5-3-6-12(9-11)23(17,18)14-10-4-2-7-13(8-10)24(19,20)21/h2-9,14H,1H3,(H,19,20,21). The van der Waals surface area contributed by atoms with Crippen molar-refractivity contribution in [3.63, 3.8) is 0 Å². The van der Waals surface area contributed by atoms with Crippen LogP contribution in [0.3, 0.4) is 0 Å². The Hall–Kier alpha value is -1.95. The number of sulfonamides is 1. The minimum Gasteiger partial charge on any atom is -0.282 e. The van der Waals surface area contributed by atoms with Gasteiger partial charge >= 0.3 is 0 Å². The van der Waals surface area contributed by atoms with Crippen LogP contribution in [0.15, 0.2) is 63.2 Å². The molecule has 0 unspecified atom stereocenters. The first-order valence-electron chi connectivity index (χ1n) is 6.30. The quantitative estimate of drug-likeness (QED) is 0.730. The van der Waals surface area contributed by atoms with Gasteiger partial charge in [-0.2, -0.15) is 8.42 Å². The van der Waals surface area contributed by atoms with E-state index in [1.807, 2.05) is 0 Å². The molecule has 0 aliphatic heterocycles. The van der Waals surface area contributed by atoms with Crippen LogP contribution in [0.2, 0.25) is 0 Å². The largest absolute Gasteiger partial charge is 0.294 e. The molecule has 0 saturated carbocycles. The van der Waals surface area contributed by atoms with E-state index in [1.165, 1.54) is 30.3 Å². The molecule has 11 heteroatoms. The van der Waals surface area contributed by atoms with Gasteiger partial charge in [0.25, 0.3) is 20.1 Å². The van der Waals surface area contributed by atoms with E-state index in [4.69, 9.17) is 4.55 Å². The second kappa shape index (κ2) is 6.16. The number of hydrogen-bond donors (Lipinski definition) is 2. The Morgan fingerprint density at radius 1 is 0.792 bits per heavy atom. The minimum atomic E-state index is -4.49. The summed E-state index contributed by atoms with van der Waals surface area (Å²) >= 11 is 0. The summed E-state index contributed by atoms with van der Waals surface area (Å²) in [5, 5.41) is 0. The van der Waals surface area contributed by atoms with Crippen molar-refractivity contribution in [2.45, 2.75) is 14.7 Å². The van der Waals surface area contributed by atoms with Crippen molar-refractivity contribution in [2.24, 2.45) is 0 Å². The third-order valence-electron chi connectivity index (χ3n) is 2.93. The van der Waals surface area contributed by atoms with Crippen LogP contribution in [0, 0.1) is 0 Å². The third kappa shape index (κ3) is 4.32. The molecule has 8 nitrogen and oxygen atoms in total. The molecule has 0 atom stereocenters. The normalized spacial score (nSPS) is 12.8. The molecule has 2 rings (SSSR count). The Labute approximate surface area is 139 Å². The highest BCUT2D eigenvalue weighted by Crippen LogP contribution is 2.21. The van der Waals surface area contributed by atoms with Gasteiger partial charge < -0.3 is 0 Å². The maximum Gasteiger partial charge on any atom is 0.294 e. The summed E-state index contributed by atoms with van der Waals surface area (Å²) in [5.41, 5.74) is -0.102. The fourth-order valence-corrected chi connectivity index (χ4v) is 4.17. The molecule has 2 aromatic carbocycles. The molecule has 0 fully saturated rings. The topological polar surface area (TPSA) is 135 Å². The van der Waals surface area contributed by atoms with Crippen molar-refractivity contribution in [2.75, 3.05) is 11.0 Å². The molecule has 0 bridgehead atoms. The number of anilines is 1. The fraction of sp³-hybridized carbons (Fsp3) is 0.0769. The maximum absolute atomic E-state index is 12.3. The van der Waals surface area contributed by atoms with E-state index >= 15 is 0 Å². The highest BCUT2D eigenvalue weighted by atomic mass is 32.2. The van der Waals surface area contributed by atoms with E-state index < -0.39 is 34.9 Å². The lowest BCUT2D eigenvalue weighted by Crippen LogP contribution is -2.14. The molecule has 2 N–H and O–H groups in total. The smallest absolute Gasteiger partial charge is 0.282 e. The van der Waals surface area contributed by atoms with Gasteiger partial charge in [0.1, 0.15) is 0 Å². The maximum atomic E-state index is 12.3. The number of rotatable bonds is 5. The Morgan fingerprint density at radius 3 is 1.92 bits per heavy atom. The van der Waals surface area contributed by atoms with E-state index in [9.17, 15) is 25.3 Å². The number of nitrogens with one attached hydrogen (secondary N) is 1. The summed E-state index contributed by atoms with van der Waals surface area (Å²) in [6.07, 6.45) is 0.946. The second-order valence-electron chi connectivity index (χ2n) is 4.86. The van der Waals surface area contributed by atoms with Crippen molar-refractivity contribution < 1.29 is 29.8 Å². The van der Waals surface area contributed by atoms with Gasteiger partial charge in [0.15, 0.2) is 9.84 Å². The average Bonchev–Trinajstić information content (AvgIpc) is 2.45. The minimum absolute atomic E-state index is 0.102. The van der Waals surface area contributed by atoms with Crippen molar-refractivity contribution in [3.8, 4) is 0 Å². The summed E-state index contributed by atoms with van der Waals surface area (Å²) in [6.45, 7) is 0. The molecule has 0 spiro atoms. The van der Waals surface area contributed by atoms with Crippen LogP contribution in [-0.4, -0.2) is 36.1 Å². The van der Waals surface area contributed by atoms with Crippen LogP contribution in [0.1, 0.15) is 0 Å². The molecular weight excluding hydrogens is 378 g/mol. The second-order valence-corrected chi connectivity index (χ2v) is 9.98. The van der Waals surface area contributed by atoms with E-state index in [0.717, 1.165) is 24.5 Å². The van der Waals surface area contributed by atoms with Crippen LogP contribution >= 0.6 is 0 Å². The molecule has 2 aromatic rings. The summed E-state index contributed by atoms with van der Waals surface area (Å²) in [6, 6.07) is 9.28. The van der Waals surface area contributed by atoms with Crippen molar-refractivity contribution in [1.82, 2.24) is 0 Å². The first-order chi connectivity index (χ1) is 10.9. The zero-order valence-electron chi connectivity index (χ0n) is 12.2. The van der Waals surface area contributed by atoms with Gasteiger partial charge in [-0.3, -0.25) is 9.27 Å². The molecule has 0 aliphatic carbocycles. The van der Waals surface area contributed by atoms with Crippen LogP contribution < -0.4 is 4.72 Å². The summed E-state index contributed by atoms with van der Waals surface area (Å²) < 4.78 is 81.0. The molecular formula is C13H13NO7S3. The van der Waals surface area contributed by atoms with Gasteiger partial charge in [0, 0.05) is 6.26 Å². The van der Waals surface area contributed by atoms with E-state index in [-0.39, 0.29) is 15.5 Å². The Kier molecular flexibility index (Phi) is 4.72. The highest BCUT2D eigenvalue weighted by molar-refractivity contribution is 7.93. The predicted octanol–water partition coefficient (Wildman–Crippen LogP) is 1.14. The van der Waals surface area contributed by atoms with Gasteiger partial charge in [-0.05, 0) is 36.4 Å². The van der Waals surface area contributed by atoms with Gasteiger partial charge in [-0.15, -0.1) is 0 Å². The summed E-state index contributed by atoms with van der Waals surface area (Å²) in [4.78, 5) is -0.952. The molecule has 0 aliphatic rings. The third-order valence-corrected chi connectivity index (χ3v) is 6.27. The predicted molar refractivity (Wildman–Crippen MR) is 86.6 cm³/mol. The fourth-order valence-electron chi connectivity index (χ4n) is 1.81. The lowest BCUT2D eigenvalue weighted by Gasteiger charge is -2.10. The van der Waals surface area contributed by atoms with E-state index in [2.05, 4.69) is 4.72 Å². The number of sulfone groups is 1. The SMILES string of the molecule is CS(=O)(=O)c1cccc(S(=O)(=O)Nc2cccc(S(=O)(=O)O)c2)c1. The highest BCUT2D eigenvalue weighted by Gasteiger charge is 2.18. The van der Waals surface area contributed by atoms with Crippen LogP contribution in [-0.2, 0) is 30.0 Å². The molecule has 0 amide bonds. The number of hydrogen-bond acceptors (Lipinski definition) is 6. The molecule has 0 radical (unpaired) electrons. The molecule has 0 heterocycles.